The molecule has 0 amide bonds. The van der Waals surface area contributed by atoms with Crippen molar-refractivity contribution in [3.63, 3.8) is 0 Å². The molecule has 0 spiro atoms. The van der Waals surface area contributed by atoms with Crippen molar-refractivity contribution >= 4 is 15.9 Å². The van der Waals surface area contributed by atoms with Crippen LogP contribution in [0.15, 0.2) is 36.5 Å². The van der Waals surface area contributed by atoms with Gasteiger partial charge < -0.3 is 9.47 Å². The quantitative estimate of drug-likeness (QED) is 0.771. The second-order valence-electron chi connectivity index (χ2n) is 4.52. The fourth-order valence-corrected chi connectivity index (χ4v) is 2.84. The minimum Gasteiger partial charge on any atom is -0.493 e. The lowest BCUT2D eigenvalue weighted by atomic mass is 10.0. The molecular formula is C16H18BrNO2. The molecule has 0 radical (unpaired) electrons. The largest absolute Gasteiger partial charge is 0.493 e. The lowest BCUT2D eigenvalue weighted by molar-refractivity contribution is 0.351. The van der Waals surface area contributed by atoms with Crippen LogP contribution in [0.5, 0.6) is 11.5 Å². The monoisotopic (exact) mass is 335 g/mol. The average Bonchev–Trinajstić information content (AvgIpc) is 2.48. The van der Waals surface area contributed by atoms with E-state index in [1.54, 1.807) is 14.2 Å². The molecule has 106 valence electrons. The molecule has 0 aliphatic carbocycles. The van der Waals surface area contributed by atoms with Gasteiger partial charge >= 0.3 is 0 Å². The molecule has 0 saturated heterocycles. The maximum Gasteiger partial charge on any atom is 0.165 e. The number of methoxy groups -OCH3 is 2. The highest BCUT2D eigenvalue weighted by Crippen LogP contribution is 2.39. The van der Waals surface area contributed by atoms with Crippen molar-refractivity contribution < 1.29 is 9.47 Å². The number of alkyl halides is 1. The molecule has 1 heterocycles. The fraction of sp³-hybridized carbons (Fsp3) is 0.312. The highest BCUT2D eigenvalue weighted by molar-refractivity contribution is 9.09. The van der Waals surface area contributed by atoms with Crippen LogP contribution in [0.4, 0.5) is 0 Å². The average molecular weight is 336 g/mol. The van der Waals surface area contributed by atoms with E-state index in [4.69, 9.17) is 9.47 Å². The summed E-state index contributed by atoms with van der Waals surface area (Å²) in [6, 6.07) is 9.93. The summed E-state index contributed by atoms with van der Waals surface area (Å²) in [4.78, 5) is 4.57. The van der Waals surface area contributed by atoms with E-state index in [9.17, 15) is 0 Å². The summed E-state index contributed by atoms with van der Waals surface area (Å²) in [6.07, 6.45) is 2.63. The fourth-order valence-electron chi connectivity index (χ4n) is 2.17. The molecule has 0 fully saturated rings. The number of hydrogen-bond donors (Lipinski definition) is 0. The van der Waals surface area contributed by atoms with Crippen molar-refractivity contribution in [1.29, 1.82) is 0 Å². The Kier molecular flexibility index (Phi) is 5.01. The van der Waals surface area contributed by atoms with Crippen LogP contribution >= 0.6 is 15.9 Å². The Balaban J connectivity index is 2.30. The molecule has 0 bridgehead atoms. The first-order valence-electron chi connectivity index (χ1n) is 6.42. The van der Waals surface area contributed by atoms with Gasteiger partial charge in [0.25, 0.3) is 0 Å². The summed E-state index contributed by atoms with van der Waals surface area (Å²) >= 11 is 3.74. The summed E-state index contributed by atoms with van der Waals surface area (Å²) in [6.45, 7) is 2.07. The van der Waals surface area contributed by atoms with Gasteiger partial charge in [-0.2, -0.15) is 0 Å². The van der Waals surface area contributed by atoms with Gasteiger partial charge in [-0.3, -0.25) is 4.98 Å². The molecule has 2 rings (SSSR count). The molecule has 0 aliphatic heterocycles. The third-order valence-corrected chi connectivity index (χ3v) is 4.08. The lowest BCUT2D eigenvalue weighted by Crippen LogP contribution is -2.03. The van der Waals surface area contributed by atoms with Gasteiger partial charge in [-0.05, 0) is 24.6 Å². The number of para-hydroxylation sites is 1. The molecule has 0 saturated carbocycles. The minimum absolute atomic E-state index is 0.126. The van der Waals surface area contributed by atoms with E-state index >= 15 is 0 Å². The predicted octanol–water partition coefficient (Wildman–Crippen LogP) is 4.09. The van der Waals surface area contributed by atoms with Crippen LogP contribution in [0.1, 0.15) is 21.6 Å². The zero-order valence-corrected chi connectivity index (χ0v) is 13.5. The Bertz CT molecular complexity index is 586. The van der Waals surface area contributed by atoms with E-state index < -0.39 is 0 Å². The van der Waals surface area contributed by atoms with E-state index in [0.717, 1.165) is 29.2 Å². The van der Waals surface area contributed by atoms with Crippen molar-refractivity contribution in [2.24, 2.45) is 0 Å². The van der Waals surface area contributed by atoms with Crippen LogP contribution in [0.2, 0.25) is 0 Å². The van der Waals surface area contributed by atoms with Crippen LogP contribution in [0, 0.1) is 6.92 Å². The number of hydrogen-bond acceptors (Lipinski definition) is 3. The number of ether oxygens (including phenoxy) is 2. The van der Waals surface area contributed by atoms with Gasteiger partial charge in [0.15, 0.2) is 11.5 Å². The molecule has 20 heavy (non-hydrogen) atoms. The number of halogens is 1. The first kappa shape index (κ1) is 14.9. The molecule has 1 unspecified atom stereocenters. The van der Waals surface area contributed by atoms with Crippen LogP contribution in [-0.4, -0.2) is 19.2 Å². The van der Waals surface area contributed by atoms with Gasteiger partial charge in [0, 0.05) is 28.7 Å². The first-order valence-corrected chi connectivity index (χ1v) is 7.34. The van der Waals surface area contributed by atoms with E-state index in [1.165, 1.54) is 5.56 Å². The number of aryl methyl sites for hydroxylation is 1. The number of nitrogens with zero attached hydrogens (tertiary/aromatic N) is 1. The standard InChI is InChI=1S/C16H18BrNO2/c1-11-6-5-9-18-14(11)10-13(17)12-7-4-8-15(19-2)16(12)20-3/h4-9,13H,10H2,1-3H3. The van der Waals surface area contributed by atoms with Crippen molar-refractivity contribution in [2.75, 3.05) is 14.2 Å². The number of aromatic nitrogens is 1. The van der Waals surface area contributed by atoms with Crippen LogP contribution < -0.4 is 9.47 Å². The van der Waals surface area contributed by atoms with Gasteiger partial charge in [-0.1, -0.05) is 34.1 Å². The summed E-state index contributed by atoms with van der Waals surface area (Å²) in [5.74, 6) is 1.51. The maximum absolute atomic E-state index is 5.48. The van der Waals surface area contributed by atoms with E-state index in [0.29, 0.717) is 0 Å². The topological polar surface area (TPSA) is 31.4 Å². The molecule has 4 heteroatoms. The van der Waals surface area contributed by atoms with E-state index in [-0.39, 0.29) is 4.83 Å². The van der Waals surface area contributed by atoms with Gasteiger partial charge in [-0.15, -0.1) is 0 Å². The summed E-state index contributed by atoms with van der Waals surface area (Å²) in [5, 5.41) is 0. The molecule has 0 aliphatic rings. The van der Waals surface area contributed by atoms with Crippen LogP contribution in [0.25, 0.3) is 0 Å². The SMILES string of the molecule is COc1cccc(C(Br)Cc2ncccc2C)c1OC. The van der Waals surface area contributed by atoms with E-state index in [2.05, 4.69) is 33.9 Å². The number of benzene rings is 1. The third kappa shape index (κ3) is 3.12. The smallest absolute Gasteiger partial charge is 0.165 e. The third-order valence-electron chi connectivity index (χ3n) is 3.26. The molecule has 2 aromatic rings. The van der Waals surface area contributed by atoms with Gasteiger partial charge in [-0.25, -0.2) is 0 Å². The molecule has 0 N–H and O–H groups in total. The zero-order chi connectivity index (χ0) is 14.5. The zero-order valence-electron chi connectivity index (χ0n) is 11.9. The normalized spacial score (nSPS) is 12.0. The second-order valence-corrected chi connectivity index (χ2v) is 5.63. The Labute approximate surface area is 128 Å². The molecule has 1 aromatic carbocycles. The Morgan fingerprint density at radius 2 is 1.95 bits per heavy atom. The van der Waals surface area contributed by atoms with Gasteiger partial charge in [0.05, 0.1) is 14.2 Å². The Morgan fingerprint density at radius 1 is 1.15 bits per heavy atom. The molecule has 1 aromatic heterocycles. The Morgan fingerprint density at radius 3 is 2.60 bits per heavy atom. The van der Waals surface area contributed by atoms with Crippen molar-refractivity contribution in [1.82, 2.24) is 4.98 Å². The minimum atomic E-state index is 0.126. The molecule has 3 nitrogen and oxygen atoms in total. The first-order chi connectivity index (χ1) is 9.67. The Hall–Kier alpha value is -1.55. The van der Waals surface area contributed by atoms with Crippen LogP contribution in [-0.2, 0) is 6.42 Å². The second kappa shape index (κ2) is 6.75. The van der Waals surface area contributed by atoms with Crippen molar-refractivity contribution in [3.8, 4) is 11.5 Å². The predicted molar refractivity (Wildman–Crippen MR) is 83.9 cm³/mol. The van der Waals surface area contributed by atoms with Crippen molar-refractivity contribution in [2.45, 2.75) is 18.2 Å². The van der Waals surface area contributed by atoms with E-state index in [1.807, 2.05) is 30.5 Å². The van der Waals surface area contributed by atoms with Crippen molar-refractivity contribution in [3.05, 3.63) is 53.3 Å². The number of rotatable bonds is 5. The highest BCUT2D eigenvalue weighted by atomic mass is 79.9. The lowest BCUT2D eigenvalue weighted by Gasteiger charge is -2.17. The highest BCUT2D eigenvalue weighted by Gasteiger charge is 2.18. The van der Waals surface area contributed by atoms with Gasteiger partial charge in [0.1, 0.15) is 0 Å². The summed E-state index contributed by atoms with van der Waals surface area (Å²) in [7, 11) is 3.31. The molecular weight excluding hydrogens is 318 g/mol. The summed E-state index contributed by atoms with van der Waals surface area (Å²) in [5.41, 5.74) is 3.34. The maximum atomic E-state index is 5.48. The molecule has 1 atom stereocenters. The summed E-state index contributed by atoms with van der Waals surface area (Å²) < 4.78 is 10.8. The van der Waals surface area contributed by atoms with Gasteiger partial charge in [0.2, 0.25) is 0 Å². The van der Waals surface area contributed by atoms with Crippen LogP contribution in [0.3, 0.4) is 0 Å². The number of pyridine rings is 1.